The number of hydrogen-bond acceptors (Lipinski definition) is 5. The van der Waals surface area contributed by atoms with Crippen molar-refractivity contribution in [2.24, 2.45) is 4.99 Å². The fourth-order valence-corrected chi connectivity index (χ4v) is 2.61. The average molecular weight is 365 g/mol. The van der Waals surface area contributed by atoms with Crippen LogP contribution in [0.3, 0.4) is 0 Å². The fourth-order valence-electron chi connectivity index (χ4n) is 2.61. The molecule has 0 atom stereocenters. The number of nitrogens with zero attached hydrogens (tertiary/aromatic N) is 4. The van der Waals surface area contributed by atoms with Gasteiger partial charge in [0.2, 0.25) is 5.89 Å². The summed E-state index contributed by atoms with van der Waals surface area (Å²) in [6.45, 7) is 14.3. The van der Waals surface area contributed by atoms with Crippen LogP contribution in [0.5, 0.6) is 0 Å². The van der Waals surface area contributed by atoms with Gasteiger partial charge in [0, 0.05) is 38.1 Å². The smallest absolute Gasteiger partial charge is 0.409 e. The number of piperazine rings is 1. The van der Waals surface area contributed by atoms with Gasteiger partial charge in [0.1, 0.15) is 12.3 Å². The van der Waals surface area contributed by atoms with Gasteiger partial charge in [-0.1, -0.05) is 20.8 Å². The second kappa shape index (κ2) is 8.91. The van der Waals surface area contributed by atoms with Crippen molar-refractivity contribution >= 4 is 12.1 Å². The maximum Gasteiger partial charge on any atom is 0.409 e. The largest absolute Gasteiger partial charge is 0.450 e. The Morgan fingerprint density at radius 1 is 1.27 bits per heavy atom. The van der Waals surface area contributed by atoms with E-state index in [1.165, 1.54) is 0 Å². The zero-order valence-corrected chi connectivity index (χ0v) is 16.5. The highest BCUT2D eigenvalue weighted by Gasteiger charge is 2.24. The van der Waals surface area contributed by atoms with E-state index < -0.39 is 0 Å². The number of carbonyl (C=O) groups is 1. The van der Waals surface area contributed by atoms with Gasteiger partial charge in [-0.25, -0.2) is 14.8 Å². The summed E-state index contributed by atoms with van der Waals surface area (Å²) < 4.78 is 10.9. The van der Waals surface area contributed by atoms with Crippen LogP contribution in [0.15, 0.2) is 15.6 Å². The normalized spacial score (nSPS) is 16.0. The van der Waals surface area contributed by atoms with E-state index in [4.69, 9.17) is 9.15 Å². The Morgan fingerprint density at radius 2 is 1.92 bits per heavy atom. The molecule has 0 aromatic carbocycles. The highest BCUT2D eigenvalue weighted by molar-refractivity contribution is 5.80. The number of carbonyl (C=O) groups excluding carboxylic acids is 1. The van der Waals surface area contributed by atoms with Crippen molar-refractivity contribution in [3.8, 4) is 0 Å². The van der Waals surface area contributed by atoms with E-state index in [-0.39, 0.29) is 11.5 Å². The van der Waals surface area contributed by atoms with E-state index in [2.05, 4.69) is 41.0 Å². The number of guanidine groups is 1. The summed E-state index contributed by atoms with van der Waals surface area (Å²) in [6, 6.07) is 0. The van der Waals surface area contributed by atoms with Crippen LogP contribution >= 0.6 is 0 Å². The third-order valence-corrected chi connectivity index (χ3v) is 4.10. The Bertz CT molecular complexity index is 613. The predicted octanol–water partition coefficient (Wildman–Crippen LogP) is 2.21. The average Bonchev–Trinajstić information content (AvgIpc) is 3.08. The molecule has 0 saturated carbocycles. The van der Waals surface area contributed by atoms with Crippen molar-refractivity contribution in [1.82, 2.24) is 20.1 Å². The third kappa shape index (κ3) is 5.37. The summed E-state index contributed by atoms with van der Waals surface area (Å²) in [4.78, 5) is 24.7. The molecule has 0 spiro atoms. The lowest BCUT2D eigenvalue weighted by Gasteiger charge is -2.35. The summed E-state index contributed by atoms with van der Waals surface area (Å²) in [5, 5.41) is 3.30. The van der Waals surface area contributed by atoms with Crippen LogP contribution in [0.2, 0.25) is 0 Å². The van der Waals surface area contributed by atoms with Gasteiger partial charge >= 0.3 is 6.09 Å². The number of ether oxygens (including phenoxy) is 1. The van der Waals surface area contributed by atoms with Gasteiger partial charge in [0.25, 0.3) is 0 Å². The van der Waals surface area contributed by atoms with Crippen molar-refractivity contribution in [1.29, 1.82) is 0 Å². The molecule has 1 aromatic rings. The number of aromatic nitrogens is 1. The lowest BCUT2D eigenvalue weighted by molar-refractivity contribution is 0.0914. The first-order valence-corrected chi connectivity index (χ1v) is 9.25. The van der Waals surface area contributed by atoms with E-state index >= 15 is 0 Å². The summed E-state index contributed by atoms with van der Waals surface area (Å²) in [6.07, 6.45) is 1.53. The molecule has 1 fully saturated rings. The van der Waals surface area contributed by atoms with Crippen molar-refractivity contribution in [2.75, 3.05) is 39.3 Å². The minimum Gasteiger partial charge on any atom is -0.450 e. The van der Waals surface area contributed by atoms with Crippen molar-refractivity contribution in [2.45, 2.75) is 46.6 Å². The minimum absolute atomic E-state index is 0.0666. The Labute approximate surface area is 155 Å². The predicted molar refractivity (Wildman–Crippen MR) is 100 cm³/mol. The Balaban J connectivity index is 1.97. The molecule has 1 aliphatic rings. The first kappa shape index (κ1) is 20.1. The van der Waals surface area contributed by atoms with Crippen LogP contribution in [-0.4, -0.2) is 66.2 Å². The zero-order valence-electron chi connectivity index (χ0n) is 16.5. The molecular formula is C18H31N5O3. The molecule has 2 rings (SSSR count). The molecule has 146 valence electrons. The van der Waals surface area contributed by atoms with Gasteiger partial charge in [0.15, 0.2) is 5.96 Å². The lowest BCUT2D eigenvalue weighted by atomic mass is 9.94. The van der Waals surface area contributed by atoms with Crippen molar-refractivity contribution < 1.29 is 13.9 Å². The summed E-state index contributed by atoms with van der Waals surface area (Å²) >= 11 is 0. The van der Waals surface area contributed by atoms with Gasteiger partial charge in [-0.15, -0.1) is 0 Å². The molecule has 8 nitrogen and oxygen atoms in total. The third-order valence-electron chi connectivity index (χ3n) is 4.10. The van der Waals surface area contributed by atoms with Gasteiger partial charge in [-0.05, 0) is 13.8 Å². The number of oxazole rings is 1. The van der Waals surface area contributed by atoms with Crippen LogP contribution in [-0.2, 0) is 16.7 Å². The summed E-state index contributed by atoms with van der Waals surface area (Å²) in [5.74, 6) is 2.28. The van der Waals surface area contributed by atoms with E-state index in [1.807, 2.05) is 13.8 Å². The monoisotopic (exact) mass is 365 g/mol. The summed E-state index contributed by atoms with van der Waals surface area (Å²) in [7, 11) is 0. The SMILES string of the molecule is CCNC(=NCc1ncc(C(C)(C)C)o1)N1CCN(C(=O)OCC)CC1. The van der Waals surface area contributed by atoms with E-state index in [0.29, 0.717) is 45.2 Å². The highest BCUT2D eigenvalue weighted by Crippen LogP contribution is 2.22. The molecule has 26 heavy (non-hydrogen) atoms. The first-order chi connectivity index (χ1) is 12.3. The number of nitrogens with one attached hydrogen (secondary N) is 1. The Hall–Kier alpha value is -2.25. The maximum atomic E-state index is 11.8. The van der Waals surface area contributed by atoms with E-state index in [9.17, 15) is 4.79 Å². The molecule has 0 bridgehead atoms. The van der Waals surface area contributed by atoms with Gasteiger partial charge in [0.05, 0.1) is 12.8 Å². The molecule has 1 aliphatic heterocycles. The van der Waals surface area contributed by atoms with Crippen LogP contribution in [0.4, 0.5) is 4.79 Å². The van der Waals surface area contributed by atoms with Crippen molar-refractivity contribution in [3.05, 3.63) is 17.8 Å². The standard InChI is InChI=1S/C18H31N5O3/c1-6-19-16(21-13-15-20-12-14(26-15)18(3,4)5)22-8-10-23(11-9-22)17(24)25-7-2/h12H,6-11,13H2,1-5H3,(H,19,21). The lowest BCUT2D eigenvalue weighted by Crippen LogP contribution is -2.53. The fraction of sp³-hybridized carbons (Fsp3) is 0.722. The van der Waals surface area contributed by atoms with Crippen LogP contribution in [0.25, 0.3) is 0 Å². The number of hydrogen-bond donors (Lipinski definition) is 1. The number of rotatable bonds is 4. The van der Waals surface area contributed by atoms with Crippen LogP contribution in [0.1, 0.15) is 46.3 Å². The molecule has 1 aromatic heterocycles. The quantitative estimate of drug-likeness (QED) is 0.651. The minimum atomic E-state index is -0.247. The van der Waals surface area contributed by atoms with Gasteiger partial charge in [-0.3, -0.25) is 0 Å². The van der Waals surface area contributed by atoms with E-state index in [0.717, 1.165) is 18.3 Å². The number of aliphatic imine (C=N–C) groups is 1. The molecule has 1 N–H and O–H groups in total. The zero-order chi connectivity index (χ0) is 19.2. The van der Waals surface area contributed by atoms with Gasteiger partial charge < -0.3 is 24.3 Å². The molecule has 1 amide bonds. The van der Waals surface area contributed by atoms with Crippen LogP contribution in [0, 0.1) is 0 Å². The molecule has 2 heterocycles. The van der Waals surface area contributed by atoms with Crippen molar-refractivity contribution in [3.63, 3.8) is 0 Å². The second-order valence-electron chi connectivity index (χ2n) is 7.21. The second-order valence-corrected chi connectivity index (χ2v) is 7.21. The molecule has 0 aliphatic carbocycles. The topological polar surface area (TPSA) is 83.2 Å². The number of amides is 1. The maximum absolute atomic E-state index is 11.8. The first-order valence-electron chi connectivity index (χ1n) is 9.25. The highest BCUT2D eigenvalue weighted by atomic mass is 16.6. The Kier molecular flexibility index (Phi) is 6.88. The van der Waals surface area contributed by atoms with Gasteiger partial charge in [-0.2, -0.15) is 0 Å². The molecular weight excluding hydrogens is 334 g/mol. The molecule has 0 radical (unpaired) electrons. The molecule has 0 unspecified atom stereocenters. The van der Waals surface area contributed by atoms with Crippen LogP contribution < -0.4 is 5.32 Å². The Morgan fingerprint density at radius 3 is 2.46 bits per heavy atom. The summed E-state index contributed by atoms with van der Waals surface area (Å²) in [5.41, 5.74) is -0.0666. The molecule has 8 heteroatoms. The van der Waals surface area contributed by atoms with E-state index in [1.54, 1.807) is 11.1 Å². The molecule has 1 saturated heterocycles.